The minimum Gasteiger partial charge on any atom is -0.301 e. The highest BCUT2D eigenvalue weighted by molar-refractivity contribution is 5.64. The van der Waals surface area contributed by atoms with Crippen LogP contribution in [-0.4, -0.2) is 20.6 Å². The molecule has 132 valence electrons. The Morgan fingerprint density at radius 3 is 2.54 bits per heavy atom. The SMILES string of the molecule is C=Cc1ccc(=O)n(C(C=O)c2c(C)nn(Cc3ccccc3)c2C)c1. The molecule has 3 rings (SSSR count). The predicted octanol–water partition coefficient (Wildman–Crippen LogP) is 3.14. The lowest BCUT2D eigenvalue weighted by Gasteiger charge is -2.15. The highest BCUT2D eigenvalue weighted by Gasteiger charge is 2.23. The molecule has 1 aromatic carbocycles. The van der Waals surface area contributed by atoms with Crippen LogP contribution >= 0.6 is 0 Å². The number of hydrogen-bond acceptors (Lipinski definition) is 3. The normalized spacial score (nSPS) is 11.9. The summed E-state index contributed by atoms with van der Waals surface area (Å²) < 4.78 is 3.31. The third kappa shape index (κ3) is 3.28. The van der Waals surface area contributed by atoms with Gasteiger partial charge in [-0.05, 0) is 31.0 Å². The molecule has 0 saturated carbocycles. The topological polar surface area (TPSA) is 56.9 Å². The smallest absolute Gasteiger partial charge is 0.251 e. The van der Waals surface area contributed by atoms with E-state index in [4.69, 9.17) is 0 Å². The van der Waals surface area contributed by atoms with Crippen LogP contribution in [0.2, 0.25) is 0 Å². The van der Waals surface area contributed by atoms with Gasteiger partial charge < -0.3 is 9.36 Å². The molecule has 0 radical (unpaired) electrons. The predicted molar refractivity (Wildman–Crippen MR) is 102 cm³/mol. The van der Waals surface area contributed by atoms with Crippen LogP contribution in [0, 0.1) is 13.8 Å². The zero-order chi connectivity index (χ0) is 18.7. The molecule has 2 heterocycles. The van der Waals surface area contributed by atoms with Crippen molar-refractivity contribution in [3.8, 4) is 0 Å². The first-order chi connectivity index (χ1) is 12.5. The lowest BCUT2D eigenvalue weighted by Crippen LogP contribution is -2.26. The van der Waals surface area contributed by atoms with Crippen LogP contribution in [0.25, 0.3) is 6.08 Å². The van der Waals surface area contributed by atoms with E-state index in [0.29, 0.717) is 6.54 Å². The number of pyridine rings is 1. The number of rotatable bonds is 6. The van der Waals surface area contributed by atoms with Gasteiger partial charge in [0.25, 0.3) is 5.56 Å². The van der Waals surface area contributed by atoms with Gasteiger partial charge in [0.2, 0.25) is 0 Å². The maximum absolute atomic E-state index is 12.3. The standard InChI is InChI=1S/C21H21N3O2/c1-4-17-10-11-20(26)23(12-17)19(14-25)21-15(2)22-24(16(21)3)13-18-8-6-5-7-9-18/h4-12,14,19H,1,13H2,2-3H3. The molecule has 0 saturated heterocycles. The molecule has 0 N–H and O–H groups in total. The van der Waals surface area contributed by atoms with Crippen LogP contribution < -0.4 is 5.56 Å². The number of nitrogens with zero attached hydrogens (tertiary/aromatic N) is 3. The average Bonchev–Trinajstić information content (AvgIpc) is 2.92. The summed E-state index contributed by atoms with van der Waals surface area (Å²) in [6.07, 6.45) is 4.09. The van der Waals surface area contributed by atoms with Crippen LogP contribution in [0.4, 0.5) is 0 Å². The van der Waals surface area contributed by atoms with Gasteiger partial charge in [0.1, 0.15) is 12.3 Å². The van der Waals surface area contributed by atoms with Crippen LogP contribution in [0.3, 0.4) is 0 Å². The summed E-state index contributed by atoms with van der Waals surface area (Å²) in [5, 5.41) is 4.59. The molecule has 0 aliphatic carbocycles. The Morgan fingerprint density at radius 2 is 1.88 bits per heavy atom. The molecule has 0 amide bonds. The average molecular weight is 347 g/mol. The van der Waals surface area contributed by atoms with E-state index in [9.17, 15) is 9.59 Å². The van der Waals surface area contributed by atoms with Crippen molar-refractivity contribution in [2.45, 2.75) is 26.4 Å². The van der Waals surface area contributed by atoms with E-state index in [2.05, 4.69) is 11.7 Å². The van der Waals surface area contributed by atoms with E-state index < -0.39 is 6.04 Å². The summed E-state index contributed by atoms with van der Waals surface area (Å²) in [4.78, 5) is 24.2. The molecule has 1 unspecified atom stereocenters. The minimum atomic E-state index is -0.716. The summed E-state index contributed by atoms with van der Waals surface area (Å²) in [6, 6.07) is 12.4. The Kier molecular flexibility index (Phi) is 4.98. The van der Waals surface area contributed by atoms with Gasteiger partial charge in [-0.25, -0.2) is 0 Å². The van der Waals surface area contributed by atoms with Crippen molar-refractivity contribution in [3.05, 3.63) is 93.7 Å². The van der Waals surface area contributed by atoms with Crippen molar-refractivity contribution in [2.24, 2.45) is 0 Å². The Morgan fingerprint density at radius 1 is 1.15 bits per heavy atom. The molecule has 0 aliphatic rings. The van der Waals surface area contributed by atoms with Crippen molar-refractivity contribution < 1.29 is 4.79 Å². The van der Waals surface area contributed by atoms with Crippen molar-refractivity contribution in [2.75, 3.05) is 0 Å². The second-order valence-corrected chi connectivity index (χ2v) is 6.22. The first-order valence-electron chi connectivity index (χ1n) is 8.43. The number of aryl methyl sites for hydroxylation is 1. The molecule has 26 heavy (non-hydrogen) atoms. The van der Waals surface area contributed by atoms with Gasteiger partial charge in [-0.2, -0.15) is 5.10 Å². The number of hydrogen-bond donors (Lipinski definition) is 0. The van der Waals surface area contributed by atoms with E-state index in [-0.39, 0.29) is 5.56 Å². The van der Waals surface area contributed by atoms with Crippen molar-refractivity contribution in [1.82, 2.24) is 14.3 Å². The molecule has 0 aliphatic heterocycles. The fourth-order valence-corrected chi connectivity index (χ4v) is 3.18. The molecule has 5 nitrogen and oxygen atoms in total. The van der Waals surface area contributed by atoms with Gasteiger partial charge in [-0.1, -0.05) is 43.0 Å². The Labute approximate surface area is 152 Å². The number of aromatic nitrogens is 3. The monoisotopic (exact) mass is 347 g/mol. The fourth-order valence-electron chi connectivity index (χ4n) is 3.18. The molecule has 0 fully saturated rings. The van der Waals surface area contributed by atoms with Gasteiger partial charge in [0.15, 0.2) is 0 Å². The van der Waals surface area contributed by atoms with E-state index in [1.807, 2.05) is 48.9 Å². The second kappa shape index (κ2) is 7.35. The third-order valence-corrected chi connectivity index (χ3v) is 4.53. The number of benzene rings is 1. The number of carbonyl (C=O) groups excluding carboxylic acids is 1. The lowest BCUT2D eigenvalue weighted by molar-refractivity contribution is -0.109. The summed E-state index contributed by atoms with van der Waals surface area (Å²) in [5.74, 6) is 0. The Balaban J connectivity index is 2.06. The Bertz CT molecular complexity index is 1000. The third-order valence-electron chi connectivity index (χ3n) is 4.53. The van der Waals surface area contributed by atoms with E-state index >= 15 is 0 Å². The zero-order valence-electron chi connectivity index (χ0n) is 14.9. The summed E-state index contributed by atoms with van der Waals surface area (Å²) >= 11 is 0. The van der Waals surface area contributed by atoms with Crippen molar-refractivity contribution >= 4 is 12.4 Å². The maximum Gasteiger partial charge on any atom is 0.251 e. The van der Waals surface area contributed by atoms with E-state index in [0.717, 1.165) is 34.4 Å². The summed E-state index contributed by atoms with van der Waals surface area (Å²) in [5.41, 5.74) is 4.05. The van der Waals surface area contributed by atoms with Crippen LogP contribution in [0.1, 0.15) is 34.1 Å². The number of aldehydes is 1. The van der Waals surface area contributed by atoms with E-state index in [1.165, 1.54) is 10.6 Å². The molecule has 5 heteroatoms. The van der Waals surface area contributed by atoms with E-state index in [1.54, 1.807) is 18.3 Å². The van der Waals surface area contributed by atoms with Crippen LogP contribution in [0.5, 0.6) is 0 Å². The largest absolute Gasteiger partial charge is 0.301 e. The highest BCUT2D eigenvalue weighted by atomic mass is 16.1. The molecular weight excluding hydrogens is 326 g/mol. The first kappa shape index (κ1) is 17.6. The maximum atomic E-state index is 12.3. The summed E-state index contributed by atoms with van der Waals surface area (Å²) in [6.45, 7) is 8.13. The van der Waals surface area contributed by atoms with Crippen molar-refractivity contribution in [3.63, 3.8) is 0 Å². The molecule has 2 aromatic heterocycles. The molecule has 0 spiro atoms. The zero-order valence-corrected chi connectivity index (χ0v) is 14.9. The lowest BCUT2D eigenvalue weighted by atomic mass is 10.1. The second-order valence-electron chi connectivity index (χ2n) is 6.22. The van der Waals surface area contributed by atoms with Gasteiger partial charge in [0, 0.05) is 23.5 Å². The molecular formula is C21H21N3O2. The van der Waals surface area contributed by atoms with Gasteiger partial charge in [-0.3, -0.25) is 9.48 Å². The molecule has 0 bridgehead atoms. The van der Waals surface area contributed by atoms with Crippen molar-refractivity contribution in [1.29, 1.82) is 0 Å². The number of carbonyl (C=O) groups is 1. The minimum absolute atomic E-state index is 0.234. The fraction of sp³-hybridized carbons (Fsp3) is 0.190. The summed E-state index contributed by atoms with van der Waals surface area (Å²) in [7, 11) is 0. The van der Waals surface area contributed by atoms with Crippen LogP contribution in [-0.2, 0) is 11.3 Å². The highest BCUT2D eigenvalue weighted by Crippen LogP contribution is 2.24. The quantitative estimate of drug-likeness (QED) is 0.644. The molecule has 3 aromatic rings. The first-order valence-corrected chi connectivity index (χ1v) is 8.43. The van der Waals surface area contributed by atoms with Gasteiger partial charge in [0.05, 0.1) is 12.2 Å². The Hall–Kier alpha value is -3.21. The van der Waals surface area contributed by atoms with Gasteiger partial charge >= 0.3 is 0 Å². The molecule has 1 atom stereocenters. The van der Waals surface area contributed by atoms with Gasteiger partial charge in [-0.15, -0.1) is 0 Å². The van der Waals surface area contributed by atoms with Crippen LogP contribution in [0.15, 0.2) is 60.0 Å².